The fourth-order valence-electron chi connectivity index (χ4n) is 2.16. The molecule has 0 amide bonds. The van der Waals surface area contributed by atoms with Gasteiger partial charge < -0.3 is 5.40 Å². The van der Waals surface area contributed by atoms with Crippen molar-refractivity contribution in [3.05, 3.63) is 0 Å². The van der Waals surface area contributed by atoms with Gasteiger partial charge in [0.25, 0.3) is 0 Å². The number of hydrogen-bond donors (Lipinski definition) is 1. The van der Waals surface area contributed by atoms with Crippen LogP contribution in [0, 0.1) is 0 Å². The molecular weight excluding hydrogens is 210 g/mol. The van der Waals surface area contributed by atoms with Crippen LogP contribution >= 0.6 is 0 Å². The lowest BCUT2D eigenvalue weighted by atomic mass is 10.2. The van der Waals surface area contributed by atoms with Gasteiger partial charge in [0.15, 0.2) is 0 Å². The van der Waals surface area contributed by atoms with Crippen LogP contribution < -0.4 is 5.40 Å². The zero-order chi connectivity index (χ0) is 12.1. The Kier molecular flexibility index (Phi) is 13.4. The number of hydrogen-bond acceptors (Lipinski definition) is 1. The average molecular weight is 244 g/mol. The highest BCUT2D eigenvalue weighted by Crippen LogP contribution is 2.11. The first-order valence-electron chi connectivity index (χ1n) is 7.56. The maximum Gasteiger partial charge on any atom is 0.106 e. The van der Waals surface area contributed by atoms with Crippen LogP contribution in [0.3, 0.4) is 0 Å². The summed E-state index contributed by atoms with van der Waals surface area (Å²) < 4.78 is 0. The summed E-state index contributed by atoms with van der Waals surface area (Å²) in [4.78, 5) is 0. The maximum absolute atomic E-state index is 6.24. The van der Waals surface area contributed by atoms with Crippen LogP contribution in [0.2, 0.25) is 12.1 Å². The Labute approximate surface area is 105 Å². The molecule has 0 fully saturated rings. The molecule has 0 aromatic rings. The molecule has 0 spiro atoms. The molecule has 0 aromatic heterocycles. The number of rotatable bonds is 12. The van der Waals surface area contributed by atoms with Crippen LogP contribution in [0.15, 0.2) is 0 Å². The van der Waals surface area contributed by atoms with E-state index in [1.807, 2.05) is 0 Å². The first-order chi connectivity index (χ1) is 7.81. The van der Waals surface area contributed by atoms with E-state index in [4.69, 9.17) is 5.40 Å². The lowest BCUT2D eigenvalue weighted by molar-refractivity contribution is 0.645. The molecule has 0 radical (unpaired) electrons. The number of nitrogens with two attached hydrogens (primary N) is 1. The van der Waals surface area contributed by atoms with Crippen LogP contribution in [0.25, 0.3) is 0 Å². The van der Waals surface area contributed by atoms with Crippen molar-refractivity contribution >= 4 is 8.96 Å². The smallest absolute Gasteiger partial charge is 0.106 e. The lowest BCUT2D eigenvalue weighted by Gasteiger charge is -2.09. The van der Waals surface area contributed by atoms with Crippen LogP contribution in [0.1, 0.15) is 78.1 Å². The van der Waals surface area contributed by atoms with Crippen LogP contribution in [0.5, 0.6) is 0 Å². The van der Waals surface area contributed by atoms with Crippen molar-refractivity contribution in [1.82, 2.24) is 0 Å². The van der Waals surface area contributed by atoms with E-state index < -0.39 is 8.96 Å². The Morgan fingerprint density at radius 2 is 1.00 bits per heavy atom. The summed E-state index contributed by atoms with van der Waals surface area (Å²) in [5, 5.41) is 6.24. The van der Waals surface area contributed by atoms with Gasteiger partial charge in [-0.25, -0.2) is 0 Å². The Balaban J connectivity index is 3.09. The molecule has 98 valence electrons. The van der Waals surface area contributed by atoms with E-state index in [0.29, 0.717) is 0 Å². The monoisotopic (exact) mass is 243 g/mol. The summed E-state index contributed by atoms with van der Waals surface area (Å²) in [7, 11) is -0.805. The molecular formula is C14H33NSi. The lowest BCUT2D eigenvalue weighted by Crippen LogP contribution is -2.24. The van der Waals surface area contributed by atoms with Crippen molar-refractivity contribution in [1.29, 1.82) is 0 Å². The molecule has 2 N–H and O–H groups in total. The van der Waals surface area contributed by atoms with E-state index in [1.54, 1.807) is 0 Å². The molecule has 0 aromatic carbocycles. The van der Waals surface area contributed by atoms with Gasteiger partial charge in [0.1, 0.15) is 8.96 Å². The van der Waals surface area contributed by atoms with Gasteiger partial charge in [-0.3, -0.25) is 0 Å². The van der Waals surface area contributed by atoms with E-state index in [1.165, 1.54) is 76.3 Å². The fourth-order valence-corrected chi connectivity index (χ4v) is 4.08. The molecule has 2 heteroatoms. The highest BCUT2D eigenvalue weighted by Gasteiger charge is 2.03. The molecule has 0 unspecified atom stereocenters. The van der Waals surface area contributed by atoms with E-state index in [2.05, 4.69) is 13.8 Å². The van der Waals surface area contributed by atoms with Crippen LogP contribution in [-0.2, 0) is 0 Å². The molecule has 0 aliphatic heterocycles. The van der Waals surface area contributed by atoms with Gasteiger partial charge >= 0.3 is 0 Å². The second-order valence-corrected chi connectivity index (χ2v) is 7.84. The zero-order valence-electron chi connectivity index (χ0n) is 11.6. The largest absolute Gasteiger partial charge is 0.353 e. The van der Waals surface area contributed by atoms with Crippen molar-refractivity contribution in [2.45, 2.75) is 90.1 Å². The van der Waals surface area contributed by atoms with Gasteiger partial charge in [0.2, 0.25) is 0 Å². The Morgan fingerprint density at radius 3 is 1.38 bits per heavy atom. The first-order valence-corrected chi connectivity index (χ1v) is 9.86. The maximum atomic E-state index is 6.24. The Bertz CT molecular complexity index is 114. The quantitative estimate of drug-likeness (QED) is 0.393. The predicted molar refractivity (Wildman–Crippen MR) is 78.5 cm³/mol. The normalized spacial score (nSPS) is 11.2. The molecule has 0 aliphatic carbocycles. The van der Waals surface area contributed by atoms with E-state index in [0.717, 1.165) is 0 Å². The van der Waals surface area contributed by atoms with Gasteiger partial charge in [0, 0.05) is 0 Å². The van der Waals surface area contributed by atoms with Crippen molar-refractivity contribution in [3.63, 3.8) is 0 Å². The van der Waals surface area contributed by atoms with Gasteiger partial charge in [0.05, 0.1) is 0 Å². The molecule has 0 atom stereocenters. The van der Waals surface area contributed by atoms with Crippen molar-refractivity contribution in [2.24, 2.45) is 5.40 Å². The highest BCUT2D eigenvalue weighted by molar-refractivity contribution is 6.55. The Morgan fingerprint density at radius 1 is 0.625 bits per heavy atom. The summed E-state index contributed by atoms with van der Waals surface area (Å²) in [6, 6.07) is 2.77. The highest BCUT2D eigenvalue weighted by atomic mass is 28.3. The summed E-state index contributed by atoms with van der Waals surface area (Å²) in [6.45, 7) is 4.55. The summed E-state index contributed by atoms with van der Waals surface area (Å²) in [5.41, 5.74) is 0. The third-order valence-corrected chi connectivity index (χ3v) is 5.66. The van der Waals surface area contributed by atoms with E-state index in [-0.39, 0.29) is 0 Å². The second-order valence-electron chi connectivity index (χ2n) is 5.17. The molecule has 16 heavy (non-hydrogen) atoms. The molecule has 0 bridgehead atoms. The minimum Gasteiger partial charge on any atom is -0.353 e. The molecule has 0 aliphatic rings. The summed E-state index contributed by atoms with van der Waals surface area (Å²) in [6.07, 6.45) is 14.0. The second kappa shape index (κ2) is 13.2. The van der Waals surface area contributed by atoms with Gasteiger partial charge in [-0.15, -0.1) is 0 Å². The van der Waals surface area contributed by atoms with Crippen molar-refractivity contribution in [2.75, 3.05) is 0 Å². The van der Waals surface area contributed by atoms with Gasteiger partial charge in [-0.2, -0.15) is 0 Å². The van der Waals surface area contributed by atoms with Gasteiger partial charge in [-0.1, -0.05) is 78.1 Å². The van der Waals surface area contributed by atoms with Crippen molar-refractivity contribution in [3.8, 4) is 0 Å². The minimum atomic E-state index is -0.805. The topological polar surface area (TPSA) is 26.0 Å². The van der Waals surface area contributed by atoms with Gasteiger partial charge in [-0.05, 0) is 12.1 Å². The minimum absolute atomic E-state index is 0.805. The standard InChI is InChI=1S/C14H33NSi/c1-3-5-7-9-11-13-16(15)14-12-10-8-6-4-2/h16H,3-15H2,1-2H3. The Hall–Kier alpha value is 0.177. The first kappa shape index (κ1) is 16.2. The summed E-state index contributed by atoms with van der Waals surface area (Å²) in [5.74, 6) is 0. The molecule has 0 heterocycles. The predicted octanol–water partition coefficient (Wildman–Crippen LogP) is 4.61. The molecule has 0 saturated heterocycles. The van der Waals surface area contributed by atoms with E-state index in [9.17, 15) is 0 Å². The van der Waals surface area contributed by atoms with E-state index >= 15 is 0 Å². The molecule has 0 saturated carbocycles. The molecule has 0 rings (SSSR count). The van der Waals surface area contributed by atoms with Crippen LogP contribution in [0.4, 0.5) is 0 Å². The third-order valence-electron chi connectivity index (χ3n) is 3.36. The molecule has 1 nitrogen and oxygen atoms in total. The number of unbranched alkanes of at least 4 members (excludes halogenated alkanes) is 8. The third kappa shape index (κ3) is 12.2. The summed E-state index contributed by atoms with van der Waals surface area (Å²) >= 11 is 0. The zero-order valence-corrected chi connectivity index (χ0v) is 12.8. The SMILES string of the molecule is CCCCCCC[SiH](N)CCCCCCC. The van der Waals surface area contributed by atoms with Crippen LogP contribution in [-0.4, -0.2) is 8.96 Å². The average Bonchev–Trinajstić information content (AvgIpc) is 2.28. The van der Waals surface area contributed by atoms with Crippen molar-refractivity contribution < 1.29 is 0 Å². The fraction of sp³-hybridized carbons (Fsp3) is 1.00.